The minimum atomic E-state index is 0. The molecule has 0 heterocycles. The minimum Gasteiger partial charge on any atom is -0.608 e. The van der Waals surface area contributed by atoms with Gasteiger partial charge in [0, 0.05) is 0 Å². The summed E-state index contributed by atoms with van der Waals surface area (Å²) >= 11 is 8.52. The Morgan fingerprint density at radius 1 is 1.36 bits per heavy atom. The van der Waals surface area contributed by atoms with Crippen LogP contribution in [0.1, 0.15) is 5.56 Å². The molecule has 0 aromatic heterocycles. The molecule has 0 saturated heterocycles. The molecule has 0 spiro atoms. The molecule has 0 aliphatic rings. The number of thiol groups is 1. The summed E-state index contributed by atoms with van der Waals surface area (Å²) in [5.74, 6) is 0. The predicted molar refractivity (Wildman–Crippen MR) is 63.1 cm³/mol. The zero-order valence-electron chi connectivity index (χ0n) is 8.10. The first-order valence-electron chi connectivity index (χ1n) is 3.99. The molecule has 0 amide bonds. The van der Waals surface area contributed by atoms with Gasteiger partial charge in [-0.05, 0) is 22.8 Å². The van der Waals surface area contributed by atoms with Crippen molar-refractivity contribution >= 4 is 29.2 Å². The second kappa shape index (κ2) is 8.71. The van der Waals surface area contributed by atoms with Crippen molar-refractivity contribution in [3.05, 3.63) is 41.3 Å². The van der Waals surface area contributed by atoms with Crippen molar-refractivity contribution in [2.45, 2.75) is 6.42 Å². The number of nitrogens with zero attached hydrogens (tertiary/aromatic N) is 1. The molecule has 0 saturated carbocycles. The van der Waals surface area contributed by atoms with Crippen molar-refractivity contribution in [1.82, 2.24) is 5.43 Å². The molecule has 1 aromatic rings. The molecule has 1 N–H and O–H groups in total. The zero-order chi connectivity index (χ0) is 9.52. The van der Waals surface area contributed by atoms with Crippen molar-refractivity contribution in [2.75, 3.05) is 6.54 Å². The topological polar surface area (TPSA) is 26.1 Å². The van der Waals surface area contributed by atoms with Crippen LogP contribution in [-0.2, 0) is 6.42 Å². The van der Waals surface area contributed by atoms with Crippen molar-refractivity contribution in [1.29, 1.82) is 0 Å². The molecule has 70 valence electrons. The van der Waals surface area contributed by atoms with E-state index in [-0.39, 0.29) is 29.6 Å². The Balaban J connectivity index is 0.00000169. The average molecular weight is 234 g/mol. The van der Waals surface area contributed by atoms with Gasteiger partial charge < -0.3 is 10.9 Å². The summed E-state index contributed by atoms with van der Waals surface area (Å²) < 4.78 is 0.341. The molecule has 0 bridgehead atoms. The van der Waals surface area contributed by atoms with Crippen LogP contribution in [-0.4, -0.2) is 10.9 Å². The fourth-order valence-corrected chi connectivity index (χ4v) is 1.10. The van der Waals surface area contributed by atoms with Gasteiger partial charge in [-0.15, -0.1) is 0 Å². The van der Waals surface area contributed by atoms with Crippen LogP contribution in [0.15, 0.2) is 30.3 Å². The summed E-state index contributed by atoms with van der Waals surface area (Å²) in [5.41, 5.74) is 7.91. The van der Waals surface area contributed by atoms with E-state index in [1.54, 1.807) is 0 Å². The Morgan fingerprint density at radius 2 is 2.00 bits per heavy atom. The van der Waals surface area contributed by atoms with E-state index in [0.717, 1.165) is 13.0 Å². The maximum Gasteiger partial charge on any atom is 1.00 e. The molecule has 0 fully saturated rings. The predicted octanol–water partition coefficient (Wildman–Crippen LogP) is -0.674. The van der Waals surface area contributed by atoms with Crippen LogP contribution in [0.25, 0.3) is 5.43 Å². The summed E-state index contributed by atoms with van der Waals surface area (Å²) in [5, 5.41) is 0. The summed E-state index contributed by atoms with van der Waals surface area (Å²) in [6.07, 6.45) is 0.945. The Bertz CT molecular complexity index is 267. The standard InChI is InChI=1S/C9H12N2S2.Na/c12-9(13)11-10-7-6-8-4-2-1-3-5-8;/h1-5,10H,6-7H2,(H2,11,12,13);/q;+1/p-1. The third kappa shape index (κ3) is 6.81. The Morgan fingerprint density at radius 3 is 2.57 bits per heavy atom. The maximum absolute atomic E-state index is 4.66. The Kier molecular flexibility index (Phi) is 8.97. The fraction of sp³-hybridized carbons (Fsp3) is 0.222. The summed E-state index contributed by atoms with van der Waals surface area (Å²) in [6, 6.07) is 10.2. The molecule has 5 heteroatoms. The van der Waals surface area contributed by atoms with Gasteiger partial charge >= 0.3 is 29.6 Å². The van der Waals surface area contributed by atoms with Crippen LogP contribution in [0, 0.1) is 0 Å². The van der Waals surface area contributed by atoms with Gasteiger partial charge in [-0.1, -0.05) is 42.5 Å². The van der Waals surface area contributed by atoms with E-state index in [1.807, 2.05) is 18.2 Å². The molecule has 0 radical (unpaired) electrons. The third-order valence-corrected chi connectivity index (χ3v) is 1.73. The average Bonchev–Trinajstić information content (AvgIpc) is 2.14. The molecule has 0 aliphatic carbocycles. The summed E-state index contributed by atoms with van der Waals surface area (Å²) in [7, 11) is 0. The third-order valence-electron chi connectivity index (χ3n) is 1.54. The van der Waals surface area contributed by atoms with E-state index in [1.165, 1.54) is 5.56 Å². The van der Waals surface area contributed by atoms with E-state index in [9.17, 15) is 0 Å². The van der Waals surface area contributed by atoms with Crippen LogP contribution in [0.2, 0.25) is 0 Å². The largest absolute Gasteiger partial charge is 1.00 e. The Labute approximate surface area is 118 Å². The van der Waals surface area contributed by atoms with Crippen molar-refractivity contribution in [2.24, 2.45) is 0 Å². The molecule has 14 heavy (non-hydrogen) atoms. The zero-order valence-corrected chi connectivity index (χ0v) is 11.8. The molecule has 1 aromatic carbocycles. The van der Waals surface area contributed by atoms with Gasteiger partial charge in [0.25, 0.3) is 0 Å². The van der Waals surface area contributed by atoms with Crippen LogP contribution >= 0.6 is 24.8 Å². The number of rotatable bonds is 4. The quantitative estimate of drug-likeness (QED) is 0.237. The van der Waals surface area contributed by atoms with Crippen LogP contribution in [0.3, 0.4) is 0 Å². The second-order valence-electron chi connectivity index (χ2n) is 2.54. The van der Waals surface area contributed by atoms with Gasteiger partial charge in [-0.3, -0.25) is 0 Å². The van der Waals surface area contributed by atoms with Gasteiger partial charge in [0.1, 0.15) is 0 Å². The normalized spacial score (nSPS) is 8.93. The number of benzene rings is 1. The van der Waals surface area contributed by atoms with Gasteiger partial charge in [0.05, 0.1) is 0 Å². The van der Waals surface area contributed by atoms with Gasteiger partial charge in [-0.2, -0.15) is 12.6 Å². The fourth-order valence-electron chi connectivity index (χ4n) is 0.968. The molecule has 0 unspecified atom stereocenters. The molecule has 2 nitrogen and oxygen atoms in total. The monoisotopic (exact) mass is 234 g/mol. The van der Waals surface area contributed by atoms with E-state index in [4.69, 9.17) is 0 Å². The van der Waals surface area contributed by atoms with Crippen molar-refractivity contribution in [3.8, 4) is 0 Å². The molecule has 0 atom stereocenters. The summed E-state index contributed by atoms with van der Waals surface area (Å²) in [6.45, 7) is 0.782. The van der Waals surface area contributed by atoms with Crippen LogP contribution in [0.4, 0.5) is 0 Å². The number of thiocarbonyl (C=S) groups is 1. The van der Waals surface area contributed by atoms with E-state index in [2.05, 4.69) is 47.8 Å². The Hall–Kier alpha value is 0.420. The first kappa shape index (κ1) is 14.4. The number of hydrogen-bond donors (Lipinski definition) is 2. The number of nitrogens with one attached hydrogen (secondary N) is 1. The molecule has 1 rings (SSSR count). The van der Waals surface area contributed by atoms with Gasteiger partial charge in [-0.25, -0.2) is 0 Å². The SMILES string of the molecule is S=C(S)[N-]NCCc1ccccc1.[Na+]. The minimum absolute atomic E-state index is 0. The van der Waals surface area contributed by atoms with E-state index < -0.39 is 0 Å². The van der Waals surface area contributed by atoms with Gasteiger partial charge in [0.15, 0.2) is 0 Å². The first-order chi connectivity index (χ1) is 6.29. The van der Waals surface area contributed by atoms with E-state index >= 15 is 0 Å². The smallest absolute Gasteiger partial charge is 0.608 e. The summed E-state index contributed by atoms with van der Waals surface area (Å²) in [4.78, 5) is 0. The first-order valence-corrected chi connectivity index (χ1v) is 4.85. The van der Waals surface area contributed by atoms with Crippen molar-refractivity contribution in [3.63, 3.8) is 0 Å². The van der Waals surface area contributed by atoms with E-state index in [0.29, 0.717) is 4.32 Å². The molecule has 0 aliphatic heterocycles. The maximum atomic E-state index is 4.66. The molecular weight excluding hydrogens is 223 g/mol. The number of hydrogen-bond acceptors (Lipinski definition) is 2. The van der Waals surface area contributed by atoms with Crippen LogP contribution in [0.5, 0.6) is 0 Å². The van der Waals surface area contributed by atoms with Crippen LogP contribution < -0.4 is 35.0 Å². The second-order valence-corrected chi connectivity index (χ2v) is 3.65. The van der Waals surface area contributed by atoms with Crippen molar-refractivity contribution < 1.29 is 29.6 Å². The molecular formula is C9H11N2NaS2. The van der Waals surface area contributed by atoms with Gasteiger partial charge in [0.2, 0.25) is 0 Å².